The third kappa shape index (κ3) is 4.63. The van der Waals surface area contributed by atoms with Crippen molar-refractivity contribution in [3.8, 4) is 0 Å². The van der Waals surface area contributed by atoms with Crippen LogP contribution in [-0.4, -0.2) is 60.4 Å². The lowest BCUT2D eigenvalue weighted by Crippen LogP contribution is -2.58. The second-order valence-electron chi connectivity index (χ2n) is 7.63. The minimum Gasteiger partial charge on any atom is -0.340 e. The Balaban J connectivity index is 0.00000208. The normalized spacial score (nSPS) is 27.0. The van der Waals surface area contributed by atoms with E-state index in [1.54, 1.807) is 0 Å². The van der Waals surface area contributed by atoms with E-state index in [1.807, 2.05) is 9.80 Å². The van der Waals surface area contributed by atoms with Gasteiger partial charge < -0.3 is 15.1 Å². The highest BCUT2D eigenvalue weighted by Crippen LogP contribution is 2.31. The van der Waals surface area contributed by atoms with Gasteiger partial charge in [0.05, 0.1) is 6.54 Å². The van der Waals surface area contributed by atoms with Crippen molar-refractivity contribution in [2.24, 2.45) is 11.8 Å². The first-order chi connectivity index (χ1) is 11.1. The Morgan fingerprint density at radius 2 is 1.96 bits per heavy atom. The number of hydrogen-bond donors (Lipinski definition) is 1. The number of carbonyl (C=O) groups is 2. The lowest BCUT2D eigenvalue weighted by Gasteiger charge is -2.41. The maximum Gasteiger partial charge on any atom is 0.236 e. The van der Waals surface area contributed by atoms with Crippen molar-refractivity contribution in [1.29, 1.82) is 0 Å². The van der Waals surface area contributed by atoms with Gasteiger partial charge in [0.2, 0.25) is 11.8 Å². The number of hydrogen-bond acceptors (Lipinski definition) is 3. The minimum atomic E-state index is 0. The maximum absolute atomic E-state index is 12.8. The van der Waals surface area contributed by atoms with Crippen LogP contribution in [0.3, 0.4) is 0 Å². The fourth-order valence-electron chi connectivity index (χ4n) is 4.58. The van der Waals surface area contributed by atoms with Crippen LogP contribution in [0.15, 0.2) is 0 Å². The predicted molar refractivity (Wildman–Crippen MR) is 97.2 cm³/mol. The predicted octanol–water partition coefficient (Wildman–Crippen LogP) is 2.05. The van der Waals surface area contributed by atoms with E-state index in [0.29, 0.717) is 12.5 Å². The molecule has 3 aliphatic rings. The molecule has 5 nitrogen and oxygen atoms in total. The Morgan fingerprint density at radius 3 is 2.67 bits per heavy atom. The van der Waals surface area contributed by atoms with Gasteiger partial charge in [0.15, 0.2) is 0 Å². The molecule has 138 valence electrons. The third-order valence-corrected chi connectivity index (χ3v) is 5.86. The van der Waals surface area contributed by atoms with Gasteiger partial charge in [-0.05, 0) is 25.2 Å². The highest BCUT2D eigenvalue weighted by molar-refractivity contribution is 5.85. The molecular weight excluding hydrogens is 326 g/mol. The number of piperidine rings is 1. The van der Waals surface area contributed by atoms with Crippen LogP contribution >= 0.6 is 12.4 Å². The van der Waals surface area contributed by atoms with Crippen LogP contribution in [-0.2, 0) is 9.59 Å². The summed E-state index contributed by atoms with van der Waals surface area (Å²) in [5.74, 6) is 1.39. The zero-order chi connectivity index (χ0) is 16.2. The number of rotatable bonds is 4. The van der Waals surface area contributed by atoms with Crippen molar-refractivity contribution < 1.29 is 9.59 Å². The third-order valence-electron chi connectivity index (χ3n) is 5.86. The van der Waals surface area contributed by atoms with Gasteiger partial charge >= 0.3 is 0 Å². The van der Waals surface area contributed by atoms with E-state index in [4.69, 9.17) is 0 Å². The molecule has 1 N–H and O–H groups in total. The summed E-state index contributed by atoms with van der Waals surface area (Å²) in [5.41, 5.74) is 0. The number of piperazine rings is 1. The number of halogens is 1. The monoisotopic (exact) mass is 357 g/mol. The second kappa shape index (κ2) is 9.04. The van der Waals surface area contributed by atoms with Crippen molar-refractivity contribution in [1.82, 2.24) is 15.1 Å². The number of carbonyl (C=O) groups excluding carboxylic acids is 2. The molecule has 0 aromatic rings. The topological polar surface area (TPSA) is 52.7 Å². The summed E-state index contributed by atoms with van der Waals surface area (Å²) in [4.78, 5) is 28.9. The van der Waals surface area contributed by atoms with Crippen molar-refractivity contribution in [2.75, 3.05) is 32.7 Å². The second-order valence-corrected chi connectivity index (χ2v) is 7.63. The molecule has 2 atom stereocenters. The number of likely N-dealkylation sites (tertiary alicyclic amines) is 1. The molecule has 0 radical (unpaired) electrons. The summed E-state index contributed by atoms with van der Waals surface area (Å²) >= 11 is 0. The highest BCUT2D eigenvalue weighted by atomic mass is 35.5. The molecule has 1 aliphatic carbocycles. The van der Waals surface area contributed by atoms with Crippen LogP contribution < -0.4 is 5.32 Å². The van der Waals surface area contributed by atoms with Gasteiger partial charge in [-0.2, -0.15) is 0 Å². The van der Waals surface area contributed by atoms with Gasteiger partial charge in [-0.15, -0.1) is 12.4 Å². The zero-order valence-corrected chi connectivity index (χ0v) is 15.7. The largest absolute Gasteiger partial charge is 0.340 e. The Labute approximate surface area is 151 Å². The molecule has 0 aromatic carbocycles. The molecule has 2 unspecified atom stereocenters. The number of nitrogens with zero attached hydrogens (tertiary/aromatic N) is 2. The van der Waals surface area contributed by atoms with Crippen molar-refractivity contribution >= 4 is 24.2 Å². The maximum atomic E-state index is 12.8. The van der Waals surface area contributed by atoms with E-state index in [1.165, 1.54) is 25.7 Å². The van der Waals surface area contributed by atoms with E-state index in [9.17, 15) is 9.59 Å². The molecule has 2 saturated heterocycles. The van der Waals surface area contributed by atoms with Gasteiger partial charge in [0.1, 0.15) is 0 Å². The summed E-state index contributed by atoms with van der Waals surface area (Å²) in [5, 5.41) is 3.12. The van der Waals surface area contributed by atoms with Crippen molar-refractivity contribution in [3.63, 3.8) is 0 Å². The molecule has 2 heterocycles. The Morgan fingerprint density at radius 1 is 1.21 bits per heavy atom. The van der Waals surface area contributed by atoms with Crippen LogP contribution in [0.1, 0.15) is 51.9 Å². The molecule has 0 aromatic heterocycles. The summed E-state index contributed by atoms with van der Waals surface area (Å²) in [6, 6.07) is 0.223. The Hall–Kier alpha value is -0.810. The Bertz CT molecular complexity index is 440. The highest BCUT2D eigenvalue weighted by Gasteiger charge is 2.33. The Kier molecular flexibility index (Phi) is 7.35. The molecule has 1 saturated carbocycles. The standard InChI is InChI=1S/C18H31N3O2.ClH/c1-14(11-15-5-2-3-6-15)18(23)20-9-4-7-16(13-20)21-10-8-19-12-17(21)22;/h14-16,19H,2-13H2,1H3;1H. The summed E-state index contributed by atoms with van der Waals surface area (Å²) in [7, 11) is 0. The SMILES string of the molecule is CC(CC1CCCC1)C(=O)N1CCCC(N2CCNCC2=O)C1.Cl. The molecule has 6 heteroatoms. The van der Waals surface area contributed by atoms with Crippen LogP contribution in [0.2, 0.25) is 0 Å². The van der Waals surface area contributed by atoms with E-state index >= 15 is 0 Å². The summed E-state index contributed by atoms with van der Waals surface area (Å²) in [6.45, 7) is 5.80. The van der Waals surface area contributed by atoms with Gasteiger partial charge in [0.25, 0.3) is 0 Å². The first-order valence-electron chi connectivity index (χ1n) is 9.44. The lowest BCUT2D eigenvalue weighted by atomic mass is 9.92. The average Bonchev–Trinajstić information content (AvgIpc) is 3.07. The van der Waals surface area contributed by atoms with Crippen LogP contribution in [0.5, 0.6) is 0 Å². The molecule has 3 rings (SSSR count). The first kappa shape index (κ1) is 19.5. The quantitative estimate of drug-likeness (QED) is 0.837. The van der Waals surface area contributed by atoms with Gasteiger partial charge in [-0.1, -0.05) is 32.6 Å². The first-order valence-corrected chi connectivity index (χ1v) is 9.44. The molecule has 3 fully saturated rings. The fraction of sp³-hybridized carbons (Fsp3) is 0.889. The van der Waals surface area contributed by atoms with Crippen LogP contribution in [0.25, 0.3) is 0 Å². The zero-order valence-electron chi connectivity index (χ0n) is 14.8. The number of nitrogens with one attached hydrogen (secondary N) is 1. The molecule has 24 heavy (non-hydrogen) atoms. The summed E-state index contributed by atoms with van der Waals surface area (Å²) < 4.78 is 0. The molecule has 2 amide bonds. The van der Waals surface area contributed by atoms with E-state index in [2.05, 4.69) is 12.2 Å². The van der Waals surface area contributed by atoms with E-state index < -0.39 is 0 Å². The van der Waals surface area contributed by atoms with Gasteiger partial charge in [-0.3, -0.25) is 9.59 Å². The van der Waals surface area contributed by atoms with E-state index in [0.717, 1.165) is 51.4 Å². The van der Waals surface area contributed by atoms with Crippen molar-refractivity contribution in [3.05, 3.63) is 0 Å². The number of amides is 2. The molecule has 0 bridgehead atoms. The van der Waals surface area contributed by atoms with Crippen LogP contribution in [0.4, 0.5) is 0 Å². The van der Waals surface area contributed by atoms with Crippen LogP contribution in [0, 0.1) is 11.8 Å². The minimum absolute atomic E-state index is 0. The van der Waals surface area contributed by atoms with Crippen molar-refractivity contribution in [2.45, 2.75) is 57.9 Å². The molecule has 2 aliphatic heterocycles. The fourth-order valence-corrected chi connectivity index (χ4v) is 4.58. The average molecular weight is 358 g/mol. The van der Waals surface area contributed by atoms with Gasteiger partial charge in [-0.25, -0.2) is 0 Å². The van der Waals surface area contributed by atoms with Gasteiger partial charge in [0, 0.05) is 38.1 Å². The lowest BCUT2D eigenvalue weighted by molar-refractivity contribution is -0.142. The molecular formula is C18H32ClN3O2. The molecule has 0 spiro atoms. The smallest absolute Gasteiger partial charge is 0.236 e. The summed E-state index contributed by atoms with van der Waals surface area (Å²) in [6.07, 6.45) is 8.37. The van der Waals surface area contributed by atoms with E-state index in [-0.39, 0.29) is 30.3 Å².